The number of rotatable bonds is 10. The van der Waals surface area contributed by atoms with Gasteiger partial charge in [0.1, 0.15) is 17.5 Å². The fourth-order valence-corrected chi connectivity index (χ4v) is 8.08. The van der Waals surface area contributed by atoms with Gasteiger partial charge in [-0.2, -0.15) is 0 Å². The summed E-state index contributed by atoms with van der Waals surface area (Å²) >= 11 is 27.9. The third-order valence-corrected chi connectivity index (χ3v) is 12.2. The smallest absolute Gasteiger partial charge is 1.00 e. The zero-order valence-corrected chi connectivity index (χ0v) is 48.8. The second kappa shape index (κ2) is 31.0. The van der Waals surface area contributed by atoms with Crippen LogP contribution < -0.4 is 133 Å². The van der Waals surface area contributed by atoms with Crippen molar-refractivity contribution in [2.24, 2.45) is 0 Å². The molecule has 0 spiro atoms. The Kier molecular flexibility index (Phi) is 27.3. The Balaban J connectivity index is 0.000000375. The van der Waals surface area contributed by atoms with Crippen LogP contribution in [-0.4, -0.2) is 56.3 Å². The number of amides is 3. The number of Topliss-reactive ketones (excluding diaryl/α,β-unsaturated/α-hetero) is 1. The molecule has 350 valence electrons. The van der Waals surface area contributed by atoms with E-state index in [0.717, 1.165) is 33.5 Å². The van der Waals surface area contributed by atoms with Gasteiger partial charge in [-0.3, -0.25) is 24.0 Å². The Hall–Kier alpha value is -2.66. The fourth-order valence-electron chi connectivity index (χ4n) is 6.93. The Bertz CT molecular complexity index is 2670. The summed E-state index contributed by atoms with van der Waals surface area (Å²) in [5.41, 5.74) is 5.83. The van der Waals surface area contributed by atoms with E-state index < -0.39 is 12.1 Å². The minimum absolute atomic E-state index is 0. The summed E-state index contributed by atoms with van der Waals surface area (Å²) in [6.45, 7) is 0.117. The summed E-state index contributed by atoms with van der Waals surface area (Å²) in [4.78, 5) is 64.2. The number of carbonyl (C=O) groups is 5. The van der Waals surface area contributed by atoms with E-state index >= 15 is 0 Å². The number of benzene rings is 6. The number of hydrogen-bond donors (Lipinski definition) is 2. The van der Waals surface area contributed by atoms with Gasteiger partial charge in [0.15, 0.2) is 5.78 Å². The number of anilines is 1. The predicted octanol–water partition coefficient (Wildman–Crippen LogP) is 3.49. The zero-order valence-electron chi connectivity index (χ0n) is 39.0. The minimum atomic E-state index is -0.767. The van der Waals surface area contributed by atoms with Crippen molar-refractivity contribution in [2.75, 3.05) is 19.1 Å². The van der Waals surface area contributed by atoms with Gasteiger partial charge in [-0.15, -0.1) is 0 Å². The molecule has 0 saturated carbocycles. The molecular formula is C50H44BrCl4K2N3O9. The van der Waals surface area contributed by atoms with Crippen LogP contribution in [0.15, 0.2) is 133 Å². The van der Waals surface area contributed by atoms with Crippen LogP contribution in [0.2, 0.25) is 20.1 Å². The number of halogens is 5. The molecule has 19 heteroatoms. The quantitative estimate of drug-likeness (QED) is 0.0688. The molecule has 2 heterocycles. The van der Waals surface area contributed by atoms with Gasteiger partial charge in [0.2, 0.25) is 5.91 Å². The molecule has 2 aliphatic rings. The van der Waals surface area contributed by atoms with E-state index in [4.69, 9.17) is 65.9 Å². The van der Waals surface area contributed by atoms with Crippen LogP contribution in [0.4, 0.5) is 5.69 Å². The molecule has 0 aliphatic carbocycles. The standard InChI is InChI=1S/C24H20Cl2N2O3.C17H13Cl2NO2.C8H9BrO.CH2O3.2K.H/c1-31-18-9-6-15(7-10-18)14-28-22-11-8-17(25)13-19(22)23(29)27-21(24(28)30)12-16-4-2-3-5-20(16)26;18-12-6-5-10-8-16(21)15(20-17(22)13(10)9-12)7-11-3-1-2-4-14(11)19;1-10-8-4-2-7(6-9)3-5-8;2-1-4-3;;;/h2-11,13,21H,12,14H2,1H3,(H,27,29);1-6,9,15H,7-8H2,(H,20,22);2-5H,6H2,1H3;1,3H;;;/q;;;;2*+1;-1/p-1. The maximum Gasteiger partial charge on any atom is 1.00 e. The van der Waals surface area contributed by atoms with Crippen molar-refractivity contribution in [3.05, 3.63) is 192 Å². The maximum absolute atomic E-state index is 13.6. The van der Waals surface area contributed by atoms with Gasteiger partial charge in [-0.25, -0.2) is 0 Å². The first-order valence-electron chi connectivity index (χ1n) is 20.3. The molecule has 0 fully saturated rings. The van der Waals surface area contributed by atoms with Gasteiger partial charge in [-0.05, 0) is 94.5 Å². The molecule has 6 aromatic rings. The second-order valence-electron chi connectivity index (χ2n) is 14.7. The van der Waals surface area contributed by atoms with Crippen LogP contribution in [0, 0.1) is 0 Å². The molecule has 0 saturated heterocycles. The summed E-state index contributed by atoms with van der Waals surface area (Å²) in [6.07, 6.45) is 0.872. The number of alkyl halides is 1. The molecule has 8 rings (SSSR count). The predicted molar refractivity (Wildman–Crippen MR) is 263 cm³/mol. The van der Waals surface area contributed by atoms with E-state index in [1.54, 1.807) is 67.7 Å². The van der Waals surface area contributed by atoms with E-state index in [1.165, 1.54) is 5.56 Å². The van der Waals surface area contributed by atoms with E-state index in [0.29, 0.717) is 55.4 Å². The number of ketones is 1. The number of hydrogen-bond acceptors (Lipinski definition) is 9. The molecule has 0 radical (unpaired) electrons. The molecule has 12 nitrogen and oxygen atoms in total. The number of ether oxygens (including phenoxy) is 2. The SMILES string of the molecule is COc1ccc(CBr)cc1.COc1ccc(CN2C(=O)C(Cc3ccccc3Cl)NC(=O)c3cc(Cl)ccc32)cc1.O=C1NC(Cc2ccccc2Cl)C(=O)Cc2ccc(Cl)cc21.O=CO[O-].[H-].[K+].[K+]. The van der Waals surface area contributed by atoms with Crippen LogP contribution in [-0.2, 0) is 50.4 Å². The molecule has 2 N–H and O–H groups in total. The zero-order chi connectivity index (χ0) is 48.5. The number of nitrogens with one attached hydrogen (secondary N) is 2. The molecular weight excluding hydrogens is 1090 g/mol. The van der Waals surface area contributed by atoms with E-state index in [2.05, 4.69) is 31.5 Å². The molecule has 0 aromatic heterocycles. The molecule has 6 aromatic carbocycles. The summed E-state index contributed by atoms with van der Waals surface area (Å²) in [5.74, 6) is 0.760. The number of methoxy groups -OCH3 is 2. The van der Waals surface area contributed by atoms with Gasteiger partial charge in [0.05, 0.1) is 38.1 Å². The van der Waals surface area contributed by atoms with Crippen molar-refractivity contribution in [2.45, 2.75) is 43.2 Å². The minimum Gasteiger partial charge on any atom is -1.00 e. The number of nitrogens with zero attached hydrogens (tertiary/aromatic N) is 1. The number of fused-ring (bicyclic) bond motifs is 2. The van der Waals surface area contributed by atoms with Gasteiger partial charge in [0, 0.05) is 50.2 Å². The van der Waals surface area contributed by atoms with Crippen molar-refractivity contribution in [1.82, 2.24) is 10.6 Å². The van der Waals surface area contributed by atoms with Crippen LogP contribution in [0.3, 0.4) is 0 Å². The van der Waals surface area contributed by atoms with Gasteiger partial charge < -0.3 is 36.6 Å². The first-order chi connectivity index (χ1) is 32.3. The topological polar surface area (TPSA) is 163 Å². The third-order valence-electron chi connectivity index (χ3n) is 10.4. The van der Waals surface area contributed by atoms with Crippen LogP contribution >= 0.6 is 62.3 Å². The molecule has 3 amide bonds. The summed E-state index contributed by atoms with van der Waals surface area (Å²) in [6, 6.07) is 38.7. The molecule has 0 bridgehead atoms. The van der Waals surface area contributed by atoms with Crippen molar-refractivity contribution < 1.29 is 148 Å². The third kappa shape index (κ3) is 18.1. The Morgan fingerprint density at radius 2 is 1.13 bits per heavy atom. The Labute approximate surface area is 515 Å². The fraction of sp³-hybridized carbons (Fsp3) is 0.180. The summed E-state index contributed by atoms with van der Waals surface area (Å²) in [5, 5.41) is 17.0. The Morgan fingerprint density at radius 3 is 1.64 bits per heavy atom. The van der Waals surface area contributed by atoms with Crippen molar-refractivity contribution >= 4 is 98.0 Å². The molecule has 69 heavy (non-hydrogen) atoms. The van der Waals surface area contributed by atoms with E-state index in [-0.39, 0.29) is 147 Å². The second-order valence-corrected chi connectivity index (χ2v) is 16.9. The molecule has 2 aliphatic heterocycles. The van der Waals surface area contributed by atoms with Crippen molar-refractivity contribution in [3.63, 3.8) is 0 Å². The largest absolute Gasteiger partial charge is 1.00 e. The van der Waals surface area contributed by atoms with Gasteiger partial charge >= 0.3 is 103 Å². The average molecular weight is 1130 g/mol. The normalized spacial score (nSPS) is 14.4. The summed E-state index contributed by atoms with van der Waals surface area (Å²) < 4.78 is 10.2. The summed E-state index contributed by atoms with van der Waals surface area (Å²) in [7, 11) is 3.27. The number of carbonyl (C=O) groups excluding carboxylic acids is 5. The molecule has 2 atom stereocenters. The van der Waals surface area contributed by atoms with Crippen LogP contribution in [0.5, 0.6) is 11.5 Å². The van der Waals surface area contributed by atoms with Crippen molar-refractivity contribution in [3.8, 4) is 11.5 Å². The van der Waals surface area contributed by atoms with Crippen molar-refractivity contribution in [1.29, 1.82) is 0 Å². The Morgan fingerprint density at radius 1 is 0.667 bits per heavy atom. The van der Waals surface area contributed by atoms with Gasteiger partial charge in [0.25, 0.3) is 18.3 Å². The van der Waals surface area contributed by atoms with E-state index in [1.807, 2.05) is 84.9 Å². The first-order valence-corrected chi connectivity index (χ1v) is 23.0. The average Bonchev–Trinajstić information content (AvgIpc) is 3.51. The first kappa shape index (κ1) is 60.6. The molecule has 2 unspecified atom stereocenters. The van der Waals surface area contributed by atoms with Crippen LogP contribution in [0.25, 0.3) is 0 Å². The monoisotopic (exact) mass is 1130 g/mol. The van der Waals surface area contributed by atoms with Gasteiger partial charge in [-0.1, -0.05) is 129 Å². The van der Waals surface area contributed by atoms with E-state index in [9.17, 15) is 19.2 Å². The maximum atomic E-state index is 13.6. The van der Waals surface area contributed by atoms with Crippen LogP contribution in [0.1, 0.15) is 50.0 Å².